The van der Waals surface area contributed by atoms with Gasteiger partial charge in [0.05, 0.1) is 12.1 Å². The van der Waals surface area contributed by atoms with Crippen LogP contribution in [0.5, 0.6) is 0 Å². The molecule has 288 valence electrons. The van der Waals surface area contributed by atoms with Crippen LogP contribution < -0.4 is 10.6 Å². The third kappa shape index (κ3) is 13.6. The van der Waals surface area contributed by atoms with Crippen LogP contribution in [0.4, 0.5) is 0 Å². The van der Waals surface area contributed by atoms with Gasteiger partial charge in [-0.25, -0.2) is 0 Å². The maximum absolute atomic E-state index is 14.2. The first-order chi connectivity index (χ1) is 23.6. The first kappa shape index (κ1) is 43.7. The van der Waals surface area contributed by atoms with E-state index in [1.807, 2.05) is 40.7 Å². The maximum Gasteiger partial charge on any atom is 0.249 e. The van der Waals surface area contributed by atoms with Gasteiger partial charge in [-0.3, -0.25) is 24.1 Å². The fourth-order valence-electron chi connectivity index (χ4n) is 7.62. The number of amides is 4. The number of rotatable bonds is 20. The lowest BCUT2D eigenvalue weighted by Crippen LogP contribution is -2.60. The number of carbonyl (C=O) groups is 4. The number of piperidine rings is 1. The normalized spacial score (nSPS) is 20.2. The number of unbranched alkanes of at least 4 members (excludes halogenated alkanes) is 9. The van der Waals surface area contributed by atoms with E-state index in [2.05, 4.69) is 36.3 Å². The molecule has 0 spiro atoms. The van der Waals surface area contributed by atoms with Gasteiger partial charge in [-0.2, -0.15) is 0 Å². The molecule has 9 nitrogen and oxygen atoms in total. The minimum Gasteiger partial charge on any atom is -0.354 e. The van der Waals surface area contributed by atoms with E-state index in [0.29, 0.717) is 25.1 Å². The van der Waals surface area contributed by atoms with Crippen molar-refractivity contribution in [2.24, 2.45) is 11.3 Å². The zero-order chi connectivity index (χ0) is 37.4. The Hall–Kier alpha value is -2.42. The minimum absolute atomic E-state index is 0.0246. The summed E-state index contributed by atoms with van der Waals surface area (Å²) in [7, 11) is 1.77. The molecule has 2 saturated heterocycles. The molecule has 0 aliphatic carbocycles. The Kier molecular flexibility index (Phi) is 19.1. The van der Waals surface area contributed by atoms with Crippen molar-refractivity contribution in [1.29, 1.82) is 0 Å². The molecule has 9 heteroatoms. The van der Waals surface area contributed by atoms with E-state index < -0.39 is 17.5 Å². The predicted octanol–water partition coefficient (Wildman–Crippen LogP) is 7.24. The third-order valence-electron chi connectivity index (χ3n) is 10.8. The lowest BCUT2D eigenvalue weighted by molar-refractivity contribution is -0.142. The van der Waals surface area contributed by atoms with Crippen LogP contribution in [0.3, 0.4) is 0 Å². The van der Waals surface area contributed by atoms with Crippen molar-refractivity contribution in [3.8, 4) is 0 Å². The highest BCUT2D eigenvalue weighted by atomic mass is 16.2. The zero-order valence-corrected chi connectivity index (χ0v) is 33.7. The first-order valence-electron chi connectivity index (χ1n) is 20.2. The summed E-state index contributed by atoms with van der Waals surface area (Å²) in [6.45, 7) is 20.4. The van der Waals surface area contributed by atoms with Crippen molar-refractivity contribution in [3.05, 3.63) is 11.6 Å². The zero-order valence-electron chi connectivity index (χ0n) is 33.7. The second-order valence-corrected chi connectivity index (χ2v) is 16.8. The molecule has 0 aromatic heterocycles. The lowest BCUT2D eigenvalue weighted by atomic mass is 9.84. The predicted molar refractivity (Wildman–Crippen MR) is 206 cm³/mol. The van der Waals surface area contributed by atoms with Crippen LogP contribution in [-0.4, -0.2) is 95.2 Å². The second kappa shape index (κ2) is 21.8. The van der Waals surface area contributed by atoms with Crippen molar-refractivity contribution in [1.82, 2.24) is 25.3 Å². The summed E-state index contributed by atoms with van der Waals surface area (Å²) in [6.07, 6.45) is 18.7. The molecule has 2 fully saturated rings. The number of nitrogens with zero attached hydrogens (tertiary/aromatic N) is 3. The maximum atomic E-state index is 14.2. The van der Waals surface area contributed by atoms with Crippen molar-refractivity contribution in [3.63, 3.8) is 0 Å². The highest BCUT2D eigenvalue weighted by Gasteiger charge is 2.40. The van der Waals surface area contributed by atoms with Crippen LogP contribution >= 0.6 is 0 Å². The third-order valence-corrected chi connectivity index (χ3v) is 10.8. The fraction of sp³-hybridized carbons (Fsp3) is 0.854. The molecule has 2 aliphatic rings. The van der Waals surface area contributed by atoms with Crippen LogP contribution in [0.1, 0.15) is 159 Å². The molecule has 0 radical (unpaired) electrons. The van der Waals surface area contributed by atoms with Crippen LogP contribution in [0.2, 0.25) is 0 Å². The van der Waals surface area contributed by atoms with Gasteiger partial charge in [0.15, 0.2) is 0 Å². The Bertz CT molecular complexity index is 1100. The van der Waals surface area contributed by atoms with Gasteiger partial charge in [0.2, 0.25) is 23.6 Å². The Morgan fingerprint density at radius 1 is 0.800 bits per heavy atom. The molecule has 2 N–H and O–H groups in total. The quantitative estimate of drug-likeness (QED) is 0.103. The number of likely N-dealkylation sites (N-methyl/N-ethyl adjacent to an activating group) is 1. The van der Waals surface area contributed by atoms with Crippen LogP contribution in [-0.2, 0) is 19.2 Å². The summed E-state index contributed by atoms with van der Waals surface area (Å²) in [5.74, 6) is -0.450. The molecule has 1 unspecified atom stereocenters. The van der Waals surface area contributed by atoms with E-state index in [1.165, 1.54) is 51.4 Å². The van der Waals surface area contributed by atoms with Gasteiger partial charge in [0.1, 0.15) is 12.1 Å². The second-order valence-electron chi connectivity index (χ2n) is 16.8. The highest BCUT2D eigenvalue weighted by molar-refractivity contribution is 5.97. The summed E-state index contributed by atoms with van der Waals surface area (Å²) in [5, 5.41) is 6.25. The standard InChI is InChI=1S/C41H75N5O4/c1-11-12-13-14-15-16-17-18-19-21-26-42-37(47)33-25-23-28-46(33)39(49)32(6)29-35(30(2)3)44(10)40(50)36(41(7,8)9)43-38(48)34-24-20-22-27-45(34)31(4)5/h29-31,33-36H,11-28H2,1-10H3,(H,42,47)(H,43,48)/b32-29+/t33-,34?,35+,36+/m0/s1. The summed E-state index contributed by atoms with van der Waals surface area (Å²) in [6, 6.07) is -1.53. The minimum atomic E-state index is -0.719. The first-order valence-corrected chi connectivity index (χ1v) is 20.2. The van der Waals surface area contributed by atoms with E-state index in [0.717, 1.165) is 45.1 Å². The molecule has 4 amide bonds. The molecule has 2 aliphatic heterocycles. The lowest BCUT2D eigenvalue weighted by Gasteiger charge is -2.41. The van der Waals surface area contributed by atoms with Crippen molar-refractivity contribution >= 4 is 23.6 Å². The van der Waals surface area contributed by atoms with Crippen molar-refractivity contribution in [2.45, 2.75) is 189 Å². The molecular weight excluding hydrogens is 626 g/mol. The molecule has 2 heterocycles. The summed E-state index contributed by atoms with van der Waals surface area (Å²) in [4.78, 5) is 60.5. The summed E-state index contributed by atoms with van der Waals surface area (Å²) < 4.78 is 0. The Morgan fingerprint density at radius 3 is 1.94 bits per heavy atom. The SMILES string of the molecule is CCCCCCCCCCCCNC(=O)[C@@H]1CCCN1C(=O)/C(C)=C/[C@H](C(C)C)N(C)C(=O)[C@@H](NC(=O)C1CCCCN1C(C)C)C(C)(C)C. The molecule has 0 aromatic rings. The fourth-order valence-corrected chi connectivity index (χ4v) is 7.62. The Labute approximate surface area is 306 Å². The van der Waals surface area contributed by atoms with Crippen molar-refractivity contribution in [2.75, 3.05) is 26.7 Å². The Morgan fingerprint density at radius 2 is 1.38 bits per heavy atom. The summed E-state index contributed by atoms with van der Waals surface area (Å²) >= 11 is 0. The van der Waals surface area contributed by atoms with Gasteiger partial charge >= 0.3 is 0 Å². The smallest absolute Gasteiger partial charge is 0.249 e. The molecule has 0 bridgehead atoms. The molecule has 2 rings (SSSR count). The number of likely N-dealkylation sites (tertiary alicyclic amines) is 2. The average Bonchev–Trinajstić information content (AvgIpc) is 3.57. The van der Waals surface area contributed by atoms with E-state index in [1.54, 1.807) is 23.8 Å². The van der Waals surface area contributed by atoms with E-state index in [-0.39, 0.29) is 47.7 Å². The van der Waals surface area contributed by atoms with Gasteiger partial charge in [-0.15, -0.1) is 0 Å². The molecular formula is C41H75N5O4. The average molecular weight is 702 g/mol. The van der Waals surface area contributed by atoms with Gasteiger partial charge < -0.3 is 20.4 Å². The van der Waals surface area contributed by atoms with Crippen LogP contribution in [0.15, 0.2) is 11.6 Å². The highest BCUT2D eigenvalue weighted by Crippen LogP contribution is 2.27. The summed E-state index contributed by atoms with van der Waals surface area (Å²) in [5.41, 5.74) is 0.0159. The van der Waals surface area contributed by atoms with Gasteiger partial charge in [0, 0.05) is 31.8 Å². The van der Waals surface area contributed by atoms with Crippen LogP contribution in [0, 0.1) is 11.3 Å². The van der Waals surface area contributed by atoms with Crippen molar-refractivity contribution < 1.29 is 19.2 Å². The number of hydrogen-bond donors (Lipinski definition) is 2. The topological polar surface area (TPSA) is 102 Å². The van der Waals surface area contributed by atoms with Gasteiger partial charge in [-0.1, -0.05) is 112 Å². The largest absolute Gasteiger partial charge is 0.354 e. The molecule has 4 atom stereocenters. The Balaban J connectivity index is 2.01. The van der Waals surface area contributed by atoms with Crippen LogP contribution in [0.25, 0.3) is 0 Å². The molecule has 0 aromatic carbocycles. The van der Waals surface area contributed by atoms with E-state index in [4.69, 9.17) is 0 Å². The number of carbonyl (C=O) groups excluding carboxylic acids is 4. The number of nitrogens with one attached hydrogen (secondary N) is 2. The van der Waals surface area contributed by atoms with Gasteiger partial charge in [-0.05, 0) is 70.8 Å². The molecule has 50 heavy (non-hydrogen) atoms. The molecule has 0 saturated carbocycles. The van der Waals surface area contributed by atoms with Gasteiger partial charge in [0.25, 0.3) is 0 Å². The number of hydrogen-bond acceptors (Lipinski definition) is 5. The van der Waals surface area contributed by atoms with E-state index >= 15 is 0 Å². The monoisotopic (exact) mass is 702 g/mol. The van der Waals surface area contributed by atoms with E-state index in [9.17, 15) is 19.2 Å².